The van der Waals surface area contributed by atoms with E-state index in [0.29, 0.717) is 5.92 Å². The molecule has 0 amide bonds. The van der Waals surface area contributed by atoms with Gasteiger partial charge in [0.15, 0.2) is 0 Å². The fourth-order valence-corrected chi connectivity index (χ4v) is 2.26. The minimum absolute atomic E-state index is 0.687. The first-order chi connectivity index (χ1) is 7.72. The van der Waals surface area contributed by atoms with Crippen LogP contribution in [0.15, 0.2) is 0 Å². The molecule has 2 N–H and O–H groups in total. The highest BCUT2D eigenvalue weighted by Crippen LogP contribution is 2.07. The van der Waals surface area contributed by atoms with Gasteiger partial charge in [-0.2, -0.15) is 0 Å². The van der Waals surface area contributed by atoms with Gasteiger partial charge in [-0.3, -0.25) is 0 Å². The molecule has 0 aromatic carbocycles. The summed E-state index contributed by atoms with van der Waals surface area (Å²) < 4.78 is 0. The van der Waals surface area contributed by atoms with Crippen molar-refractivity contribution in [2.75, 3.05) is 46.3 Å². The zero-order chi connectivity index (χ0) is 11.8. The van der Waals surface area contributed by atoms with Crippen molar-refractivity contribution in [3.8, 4) is 0 Å². The number of hydrogen-bond acceptors (Lipinski definition) is 3. The lowest BCUT2D eigenvalue weighted by molar-refractivity contribution is 0.251. The first-order valence-corrected chi connectivity index (χ1v) is 6.83. The Labute approximate surface area is 101 Å². The number of rotatable bonds is 8. The van der Waals surface area contributed by atoms with Gasteiger partial charge in [-0.15, -0.1) is 0 Å². The van der Waals surface area contributed by atoms with Gasteiger partial charge in [-0.1, -0.05) is 6.92 Å². The molecule has 0 saturated carbocycles. The Kier molecular flexibility index (Phi) is 7.01. The van der Waals surface area contributed by atoms with Crippen molar-refractivity contribution < 1.29 is 0 Å². The molecule has 16 heavy (non-hydrogen) atoms. The Morgan fingerprint density at radius 1 is 1.25 bits per heavy atom. The van der Waals surface area contributed by atoms with Crippen LogP contribution in [-0.2, 0) is 0 Å². The fourth-order valence-electron chi connectivity index (χ4n) is 2.26. The van der Waals surface area contributed by atoms with Crippen molar-refractivity contribution in [3.05, 3.63) is 0 Å². The van der Waals surface area contributed by atoms with Crippen LogP contribution < -0.4 is 5.73 Å². The lowest BCUT2D eigenvalue weighted by atomic mass is 10.1. The van der Waals surface area contributed by atoms with Crippen LogP contribution in [-0.4, -0.2) is 56.1 Å². The van der Waals surface area contributed by atoms with Crippen LogP contribution in [0.4, 0.5) is 0 Å². The number of likely N-dealkylation sites (tertiary alicyclic amines) is 1. The van der Waals surface area contributed by atoms with E-state index in [9.17, 15) is 0 Å². The van der Waals surface area contributed by atoms with Crippen LogP contribution in [0.2, 0.25) is 0 Å². The van der Waals surface area contributed by atoms with E-state index in [1.807, 2.05) is 0 Å². The second-order valence-electron chi connectivity index (χ2n) is 5.34. The van der Waals surface area contributed by atoms with Crippen molar-refractivity contribution in [1.29, 1.82) is 0 Å². The smallest absolute Gasteiger partial charge is 0.0109 e. The maximum Gasteiger partial charge on any atom is 0.0109 e. The molecule has 1 rings (SSSR count). The molecule has 3 nitrogen and oxygen atoms in total. The van der Waals surface area contributed by atoms with E-state index < -0.39 is 0 Å². The molecule has 1 aliphatic heterocycles. The van der Waals surface area contributed by atoms with Crippen LogP contribution in [0.5, 0.6) is 0 Å². The maximum absolute atomic E-state index is 5.61. The minimum Gasteiger partial charge on any atom is -0.330 e. The zero-order valence-electron chi connectivity index (χ0n) is 11.1. The molecule has 1 atom stereocenters. The molecule has 1 unspecified atom stereocenters. The highest BCUT2D eigenvalue weighted by atomic mass is 15.2. The van der Waals surface area contributed by atoms with Crippen LogP contribution in [0.1, 0.15) is 32.6 Å². The van der Waals surface area contributed by atoms with Gasteiger partial charge >= 0.3 is 0 Å². The Bertz CT molecular complexity index is 167. The molecule has 1 aliphatic rings. The Morgan fingerprint density at radius 2 is 1.94 bits per heavy atom. The fraction of sp³-hybridized carbons (Fsp3) is 1.00. The molecule has 0 spiro atoms. The van der Waals surface area contributed by atoms with E-state index in [-0.39, 0.29) is 0 Å². The predicted molar refractivity (Wildman–Crippen MR) is 70.6 cm³/mol. The third-order valence-electron chi connectivity index (χ3n) is 3.64. The van der Waals surface area contributed by atoms with Gasteiger partial charge in [0.25, 0.3) is 0 Å². The van der Waals surface area contributed by atoms with Crippen LogP contribution in [0, 0.1) is 5.92 Å². The van der Waals surface area contributed by atoms with Crippen molar-refractivity contribution in [2.45, 2.75) is 32.6 Å². The topological polar surface area (TPSA) is 32.5 Å². The quantitative estimate of drug-likeness (QED) is 0.680. The zero-order valence-corrected chi connectivity index (χ0v) is 11.1. The van der Waals surface area contributed by atoms with E-state index in [4.69, 9.17) is 5.73 Å². The van der Waals surface area contributed by atoms with E-state index in [1.165, 1.54) is 58.4 Å². The highest BCUT2D eigenvalue weighted by Gasteiger charge is 2.11. The van der Waals surface area contributed by atoms with Gasteiger partial charge in [0.1, 0.15) is 0 Å². The standard InChI is InChI=1S/C13H29N3/c1-13(12-14)6-5-7-15(2)10-11-16-8-3-4-9-16/h13H,3-12,14H2,1-2H3. The Hall–Kier alpha value is -0.120. The molecule has 0 bridgehead atoms. The SMILES string of the molecule is CC(CN)CCCN(C)CCN1CCCC1. The number of hydrogen-bond donors (Lipinski definition) is 1. The maximum atomic E-state index is 5.61. The number of likely N-dealkylation sites (N-methyl/N-ethyl adjacent to an activating group) is 1. The Morgan fingerprint density at radius 3 is 2.56 bits per heavy atom. The van der Waals surface area contributed by atoms with Crippen molar-refractivity contribution >= 4 is 0 Å². The van der Waals surface area contributed by atoms with Gasteiger partial charge in [0.05, 0.1) is 0 Å². The molecule has 1 saturated heterocycles. The largest absolute Gasteiger partial charge is 0.330 e. The van der Waals surface area contributed by atoms with Gasteiger partial charge < -0.3 is 15.5 Å². The summed E-state index contributed by atoms with van der Waals surface area (Å²) in [5, 5.41) is 0. The van der Waals surface area contributed by atoms with Crippen molar-refractivity contribution in [1.82, 2.24) is 9.80 Å². The molecule has 1 fully saturated rings. The molecule has 0 radical (unpaired) electrons. The third-order valence-corrected chi connectivity index (χ3v) is 3.64. The van der Waals surface area contributed by atoms with Crippen molar-refractivity contribution in [2.24, 2.45) is 11.7 Å². The average molecular weight is 227 g/mol. The predicted octanol–water partition coefficient (Wildman–Crippen LogP) is 1.39. The van der Waals surface area contributed by atoms with Gasteiger partial charge in [0.2, 0.25) is 0 Å². The molecule has 96 valence electrons. The highest BCUT2D eigenvalue weighted by molar-refractivity contribution is 4.67. The molecule has 0 aromatic rings. The summed E-state index contributed by atoms with van der Waals surface area (Å²) in [6.07, 6.45) is 5.36. The second kappa shape index (κ2) is 8.04. The lowest BCUT2D eigenvalue weighted by Crippen LogP contribution is -2.32. The average Bonchev–Trinajstić information content (AvgIpc) is 2.79. The molecular formula is C13H29N3. The summed E-state index contributed by atoms with van der Waals surface area (Å²) >= 11 is 0. The monoisotopic (exact) mass is 227 g/mol. The van der Waals surface area contributed by atoms with Crippen LogP contribution in [0.3, 0.4) is 0 Å². The summed E-state index contributed by atoms with van der Waals surface area (Å²) in [6.45, 7) is 9.40. The minimum atomic E-state index is 0.687. The van der Waals surface area contributed by atoms with Crippen LogP contribution in [0.25, 0.3) is 0 Å². The first-order valence-electron chi connectivity index (χ1n) is 6.83. The Balaban J connectivity index is 1.95. The van der Waals surface area contributed by atoms with E-state index >= 15 is 0 Å². The van der Waals surface area contributed by atoms with E-state index in [1.54, 1.807) is 0 Å². The van der Waals surface area contributed by atoms with Crippen LogP contribution >= 0.6 is 0 Å². The number of nitrogens with zero attached hydrogens (tertiary/aromatic N) is 2. The second-order valence-corrected chi connectivity index (χ2v) is 5.34. The van der Waals surface area contributed by atoms with Gasteiger partial charge in [-0.05, 0) is 64.8 Å². The molecular weight excluding hydrogens is 198 g/mol. The molecule has 1 heterocycles. The molecule has 0 aromatic heterocycles. The summed E-state index contributed by atoms with van der Waals surface area (Å²) in [4.78, 5) is 5.04. The van der Waals surface area contributed by atoms with Gasteiger partial charge in [-0.25, -0.2) is 0 Å². The normalized spacial score (nSPS) is 19.5. The summed E-state index contributed by atoms with van der Waals surface area (Å²) in [6, 6.07) is 0. The third kappa shape index (κ3) is 5.83. The summed E-state index contributed by atoms with van der Waals surface area (Å²) in [5.74, 6) is 0.687. The van der Waals surface area contributed by atoms with E-state index in [2.05, 4.69) is 23.8 Å². The molecule has 0 aliphatic carbocycles. The number of nitrogens with two attached hydrogens (primary N) is 1. The van der Waals surface area contributed by atoms with Crippen molar-refractivity contribution in [3.63, 3.8) is 0 Å². The first kappa shape index (κ1) is 13.9. The lowest BCUT2D eigenvalue weighted by Gasteiger charge is -2.21. The van der Waals surface area contributed by atoms with E-state index in [0.717, 1.165) is 6.54 Å². The summed E-state index contributed by atoms with van der Waals surface area (Å²) in [7, 11) is 2.24. The summed E-state index contributed by atoms with van der Waals surface area (Å²) in [5.41, 5.74) is 5.61. The molecule has 3 heteroatoms. The van der Waals surface area contributed by atoms with Gasteiger partial charge in [0, 0.05) is 13.1 Å².